The number of nitrogens with zero attached hydrogens (tertiary/aromatic N) is 1. The summed E-state index contributed by atoms with van der Waals surface area (Å²) in [5.41, 5.74) is 0. The fraction of sp³-hybridized carbons (Fsp3) is 0.286. The van der Waals surface area contributed by atoms with Crippen molar-refractivity contribution < 1.29 is 8.42 Å². The summed E-state index contributed by atoms with van der Waals surface area (Å²) in [6.45, 7) is 0.567. The molecule has 106 valence electrons. The van der Waals surface area contributed by atoms with Crippen molar-refractivity contribution in [3.63, 3.8) is 0 Å². The first-order valence-corrected chi connectivity index (χ1v) is 9.09. The van der Waals surface area contributed by atoms with Gasteiger partial charge in [-0.15, -0.1) is 11.3 Å². The molecule has 6 heteroatoms. The van der Waals surface area contributed by atoms with Crippen molar-refractivity contribution in [3.05, 3.63) is 51.7 Å². The summed E-state index contributed by atoms with van der Waals surface area (Å²) < 4.78 is 27.1. The fourth-order valence-corrected chi connectivity index (χ4v) is 5.47. The highest BCUT2D eigenvalue weighted by Gasteiger charge is 2.36. The van der Waals surface area contributed by atoms with Gasteiger partial charge >= 0.3 is 0 Å². The van der Waals surface area contributed by atoms with Crippen molar-refractivity contribution in [2.75, 3.05) is 6.54 Å². The summed E-state index contributed by atoms with van der Waals surface area (Å²) in [5, 5.41) is 2.43. The first kappa shape index (κ1) is 14.1. The molecule has 2 aromatic rings. The molecule has 0 spiro atoms. The Morgan fingerprint density at radius 1 is 1.25 bits per heavy atom. The van der Waals surface area contributed by atoms with E-state index in [-0.39, 0.29) is 10.9 Å². The lowest BCUT2D eigenvalue weighted by Crippen LogP contribution is -2.30. The molecular formula is C14H14ClNO2S2. The van der Waals surface area contributed by atoms with Gasteiger partial charge in [-0.25, -0.2) is 8.42 Å². The van der Waals surface area contributed by atoms with Crippen LogP contribution < -0.4 is 0 Å². The maximum Gasteiger partial charge on any atom is 0.243 e. The van der Waals surface area contributed by atoms with Crippen LogP contribution >= 0.6 is 22.9 Å². The Morgan fingerprint density at radius 3 is 2.80 bits per heavy atom. The van der Waals surface area contributed by atoms with Crippen molar-refractivity contribution in [2.45, 2.75) is 23.8 Å². The van der Waals surface area contributed by atoms with E-state index in [1.807, 2.05) is 17.5 Å². The molecule has 1 unspecified atom stereocenters. The molecule has 1 fully saturated rings. The predicted molar refractivity (Wildman–Crippen MR) is 81.6 cm³/mol. The van der Waals surface area contributed by atoms with Crippen molar-refractivity contribution in [1.82, 2.24) is 4.31 Å². The Labute approximate surface area is 127 Å². The van der Waals surface area contributed by atoms with E-state index in [1.165, 1.54) is 6.07 Å². The van der Waals surface area contributed by atoms with E-state index in [1.54, 1.807) is 33.8 Å². The summed E-state index contributed by atoms with van der Waals surface area (Å²) in [4.78, 5) is 1.38. The third kappa shape index (κ3) is 2.51. The van der Waals surface area contributed by atoms with Crippen LogP contribution in [-0.2, 0) is 10.0 Å². The summed E-state index contributed by atoms with van der Waals surface area (Å²) >= 11 is 7.52. The average Bonchev–Trinajstić information content (AvgIpc) is 3.09. The SMILES string of the molecule is O=S(=O)(c1cccc(Cl)c1)N1CCCC1c1cccs1. The average molecular weight is 328 g/mol. The van der Waals surface area contributed by atoms with Crippen molar-refractivity contribution in [2.24, 2.45) is 0 Å². The minimum absolute atomic E-state index is 0.0426. The van der Waals surface area contributed by atoms with Gasteiger partial charge in [-0.1, -0.05) is 23.7 Å². The largest absolute Gasteiger partial charge is 0.243 e. The summed E-state index contributed by atoms with van der Waals surface area (Å²) in [6, 6.07) is 10.4. The number of halogens is 1. The molecule has 0 radical (unpaired) electrons. The third-order valence-electron chi connectivity index (χ3n) is 3.48. The second-order valence-electron chi connectivity index (χ2n) is 4.75. The third-order valence-corrected chi connectivity index (χ3v) is 6.59. The van der Waals surface area contributed by atoms with Crippen LogP contribution in [0.1, 0.15) is 23.8 Å². The van der Waals surface area contributed by atoms with Gasteiger partial charge in [0.1, 0.15) is 0 Å². The first-order valence-electron chi connectivity index (χ1n) is 6.40. The molecule has 0 aliphatic carbocycles. The lowest BCUT2D eigenvalue weighted by molar-refractivity contribution is 0.401. The number of rotatable bonds is 3. The fourth-order valence-electron chi connectivity index (χ4n) is 2.56. The molecule has 1 aliphatic rings. The zero-order chi connectivity index (χ0) is 14.2. The Balaban J connectivity index is 1.98. The summed E-state index contributed by atoms with van der Waals surface area (Å²) in [5.74, 6) is 0. The number of sulfonamides is 1. The quantitative estimate of drug-likeness (QED) is 0.856. The lowest BCUT2D eigenvalue weighted by atomic mass is 10.2. The molecule has 0 amide bonds. The molecule has 0 bridgehead atoms. The number of benzene rings is 1. The van der Waals surface area contributed by atoms with Crippen molar-refractivity contribution in [1.29, 1.82) is 0 Å². The van der Waals surface area contributed by atoms with Gasteiger partial charge in [-0.05, 0) is 42.5 Å². The van der Waals surface area contributed by atoms with Crippen LogP contribution in [0.3, 0.4) is 0 Å². The molecule has 2 heterocycles. The zero-order valence-corrected chi connectivity index (χ0v) is 13.1. The van der Waals surface area contributed by atoms with Crippen LogP contribution in [0.4, 0.5) is 0 Å². The molecule has 3 rings (SSSR count). The second kappa shape index (κ2) is 5.48. The number of thiophene rings is 1. The highest BCUT2D eigenvalue weighted by molar-refractivity contribution is 7.89. The molecule has 1 aromatic heterocycles. The van der Waals surface area contributed by atoms with E-state index >= 15 is 0 Å². The van der Waals surface area contributed by atoms with Gasteiger partial charge in [-0.3, -0.25) is 0 Å². The molecular weight excluding hydrogens is 314 g/mol. The molecule has 20 heavy (non-hydrogen) atoms. The predicted octanol–water partition coefficient (Wildman–Crippen LogP) is 3.93. The van der Waals surface area contributed by atoms with Crippen molar-refractivity contribution in [3.8, 4) is 0 Å². The lowest BCUT2D eigenvalue weighted by Gasteiger charge is -2.23. The molecule has 1 atom stereocenters. The highest BCUT2D eigenvalue weighted by Crippen LogP contribution is 2.38. The van der Waals surface area contributed by atoms with Crippen LogP contribution in [0.2, 0.25) is 5.02 Å². The van der Waals surface area contributed by atoms with E-state index in [0.29, 0.717) is 11.6 Å². The van der Waals surface area contributed by atoms with Gasteiger partial charge in [0.2, 0.25) is 10.0 Å². The summed E-state index contributed by atoms with van der Waals surface area (Å²) in [6.07, 6.45) is 1.77. The van der Waals surface area contributed by atoms with E-state index in [2.05, 4.69) is 0 Å². The van der Waals surface area contributed by atoms with E-state index < -0.39 is 10.0 Å². The topological polar surface area (TPSA) is 37.4 Å². The molecule has 0 saturated carbocycles. The monoisotopic (exact) mass is 327 g/mol. The van der Waals surface area contributed by atoms with Gasteiger partial charge in [0.15, 0.2) is 0 Å². The van der Waals surface area contributed by atoms with Crippen LogP contribution in [0.25, 0.3) is 0 Å². The standard InChI is InChI=1S/C14H14ClNO2S2/c15-11-4-1-5-12(10-11)20(17,18)16-8-2-6-13(16)14-7-3-9-19-14/h1,3-5,7,9-10,13H,2,6,8H2. The summed E-state index contributed by atoms with van der Waals surface area (Å²) in [7, 11) is -3.48. The zero-order valence-electron chi connectivity index (χ0n) is 10.7. The number of hydrogen-bond acceptors (Lipinski definition) is 3. The minimum Gasteiger partial charge on any atom is -0.207 e. The maximum absolute atomic E-state index is 12.8. The van der Waals surface area contributed by atoms with Gasteiger partial charge in [0.05, 0.1) is 10.9 Å². The molecule has 1 aromatic carbocycles. The molecule has 3 nitrogen and oxygen atoms in total. The maximum atomic E-state index is 12.8. The Kier molecular flexibility index (Phi) is 3.86. The molecule has 0 N–H and O–H groups in total. The van der Waals surface area contributed by atoms with E-state index in [0.717, 1.165) is 17.7 Å². The molecule has 1 aliphatic heterocycles. The van der Waals surface area contributed by atoms with Crippen LogP contribution in [-0.4, -0.2) is 19.3 Å². The first-order chi connectivity index (χ1) is 9.59. The van der Waals surface area contributed by atoms with Gasteiger partial charge in [-0.2, -0.15) is 4.31 Å². The van der Waals surface area contributed by atoms with Crippen LogP contribution in [0.5, 0.6) is 0 Å². The van der Waals surface area contributed by atoms with E-state index in [9.17, 15) is 8.42 Å². The highest BCUT2D eigenvalue weighted by atomic mass is 35.5. The second-order valence-corrected chi connectivity index (χ2v) is 8.05. The van der Waals surface area contributed by atoms with E-state index in [4.69, 9.17) is 11.6 Å². The van der Waals surface area contributed by atoms with Gasteiger partial charge < -0.3 is 0 Å². The Morgan fingerprint density at radius 2 is 2.10 bits per heavy atom. The minimum atomic E-state index is -3.48. The van der Waals surface area contributed by atoms with Crippen LogP contribution in [0.15, 0.2) is 46.7 Å². The Bertz CT molecular complexity index is 698. The smallest absolute Gasteiger partial charge is 0.207 e. The van der Waals surface area contributed by atoms with Crippen LogP contribution in [0, 0.1) is 0 Å². The molecule has 1 saturated heterocycles. The van der Waals surface area contributed by atoms with Crippen molar-refractivity contribution >= 4 is 33.0 Å². The Hall–Kier alpha value is -0.880. The number of hydrogen-bond donors (Lipinski definition) is 0. The van der Waals surface area contributed by atoms with Gasteiger partial charge in [0.25, 0.3) is 0 Å². The normalized spacial score (nSPS) is 20.4. The van der Waals surface area contributed by atoms with Gasteiger partial charge in [0, 0.05) is 16.4 Å².